The second kappa shape index (κ2) is 8.84. The van der Waals surface area contributed by atoms with Gasteiger partial charge in [0.1, 0.15) is 18.1 Å². The Bertz CT molecular complexity index is 1380. The fourth-order valence-corrected chi connectivity index (χ4v) is 3.59. The van der Waals surface area contributed by atoms with Crippen LogP contribution >= 0.6 is 0 Å². The molecule has 1 aliphatic heterocycles. The molecule has 33 heavy (non-hydrogen) atoms. The lowest BCUT2D eigenvalue weighted by molar-refractivity contribution is 0.0388. The van der Waals surface area contributed by atoms with Crippen LogP contribution in [0.25, 0.3) is 5.65 Å². The van der Waals surface area contributed by atoms with Gasteiger partial charge in [0, 0.05) is 12.6 Å². The zero-order valence-corrected chi connectivity index (χ0v) is 17.9. The maximum Gasteiger partial charge on any atom is 0.301 e. The largest absolute Gasteiger partial charge is 0.481 e. The van der Waals surface area contributed by atoms with Crippen molar-refractivity contribution in [3.63, 3.8) is 0 Å². The molecular weight excluding hydrogens is 423 g/mol. The molecule has 8 heteroatoms. The number of aliphatic imine (C=N–C) groups is 1. The summed E-state index contributed by atoms with van der Waals surface area (Å²) in [5.74, 6) is 0.0919. The van der Waals surface area contributed by atoms with E-state index in [9.17, 15) is 9.18 Å². The highest BCUT2D eigenvalue weighted by atomic mass is 19.1. The first-order valence-electron chi connectivity index (χ1n) is 10.5. The number of halogens is 1. The van der Waals surface area contributed by atoms with E-state index in [1.807, 2.05) is 43.3 Å². The molecule has 7 nitrogen and oxygen atoms in total. The molecule has 1 aliphatic rings. The van der Waals surface area contributed by atoms with Crippen LogP contribution in [0.3, 0.4) is 0 Å². The molecule has 0 fully saturated rings. The van der Waals surface area contributed by atoms with Crippen LogP contribution in [0.4, 0.5) is 4.39 Å². The topological polar surface area (TPSA) is 77.2 Å². The highest BCUT2D eigenvalue weighted by Gasteiger charge is 2.26. The van der Waals surface area contributed by atoms with E-state index in [4.69, 9.17) is 9.57 Å². The molecule has 4 aromatic rings. The first-order valence-corrected chi connectivity index (χ1v) is 10.5. The van der Waals surface area contributed by atoms with Gasteiger partial charge in [-0.2, -0.15) is 0 Å². The molecule has 5 rings (SSSR count). The number of ether oxygens (including phenoxy) is 1. The predicted octanol–water partition coefficient (Wildman–Crippen LogP) is 3.57. The number of pyridine rings is 1. The summed E-state index contributed by atoms with van der Waals surface area (Å²) >= 11 is 0. The Kier molecular flexibility index (Phi) is 5.58. The van der Waals surface area contributed by atoms with Crippen molar-refractivity contribution in [3.05, 3.63) is 111 Å². The maximum atomic E-state index is 13.3. The Labute approximate surface area is 189 Å². The third-order valence-electron chi connectivity index (χ3n) is 5.27. The second-order valence-corrected chi connectivity index (χ2v) is 7.79. The van der Waals surface area contributed by atoms with Crippen LogP contribution in [0, 0.1) is 12.7 Å². The van der Waals surface area contributed by atoms with Crippen molar-refractivity contribution in [3.8, 4) is 5.75 Å². The average Bonchev–Trinajstić information content (AvgIpc) is 3.29. The normalized spacial score (nSPS) is 15.3. The van der Waals surface area contributed by atoms with E-state index < -0.39 is 6.23 Å². The Morgan fingerprint density at radius 3 is 2.64 bits per heavy atom. The lowest BCUT2D eigenvalue weighted by Crippen LogP contribution is -2.27. The van der Waals surface area contributed by atoms with Crippen LogP contribution in [0.5, 0.6) is 5.75 Å². The molecule has 2 aromatic heterocycles. The van der Waals surface area contributed by atoms with Gasteiger partial charge in [0.15, 0.2) is 17.8 Å². The number of hydrogen-bond acceptors (Lipinski definition) is 6. The van der Waals surface area contributed by atoms with Crippen LogP contribution in [-0.4, -0.2) is 21.4 Å². The number of fused-ring (bicyclic) bond motifs is 1. The van der Waals surface area contributed by atoms with Crippen molar-refractivity contribution < 1.29 is 14.0 Å². The molecule has 2 aromatic carbocycles. The van der Waals surface area contributed by atoms with Crippen LogP contribution in [0.2, 0.25) is 0 Å². The lowest BCUT2D eigenvalue weighted by atomic mass is 10.1. The highest BCUT2D eigenvalue weighted by molar-refractivity contribution is 5.99. The molecule has 0 bridgehead atoms. The summed E-state index contributed by atoms with van der Waals surface area (Å²) < 4.78 is 20.6. The molecule has 0 amide bonds. The number of nitrogens with zero attached hydrogens (tertiary/aromatic N) is 3. The van der Waals surface area contributed by atoms with Crippen molar-refractivity contribution in [1.82, 2.24) is 14.9 Å². The average molecular weight is 444 g/mol. The fourth-order valence-electron chi connectivity index (χ4n) is 3.59. The maximum absolute atomic E-state index is 13.3. The minimum absolute atomic E-state index is 0.0826. The molecule has 0 spiro atoms. The van der Waals surface area contributed by atoms with Gasteiger partial charge in [-0.3, -0.25) is 9.20 Å². The summed E-state index contributed by atoms with van der Waals surface area (Å²) in [6.45, 7) is 2.11. The minimum atomic E-state index is -0.550. The van der Waals surface area contributed by atoms with Gasteiger partial charge >= 0.3 is 5.56 Å². The van der Waals surface area contributed by atoms with Gasteiger partial charge < -0.3 is 4.74 Å². The standard InChI is InChI=1S/C25H21FN4O3/c1-16-7-12-20-27-22(24-28-21(33-29-24)13-17-8-10-19(26)11-9-17)23(25(31)30(20)14-16)32-15-18-5-3-2-4-6-18/h2-12,14,21H,13,15H2,1H3,(H,28,29). The monoisotopic (exact) mass is 444 g/mol. The molecule has 3 heterocycles. The number of amidine groups is 1. The van der Waals surface area contributed by atoms with E-state index in [2.05, 4.69) is 15.5 Å². The zero-order valence-electron chi connectivity index (χ0n) is 17.9. The molecule has 1 unspecified atom stereocenters. The summed E-state index contributed by atoms with van der Waals surface area (Å²) in [5, 5.41) is 0. The van der Waals surface area contributed by atoms with Crippen molar-refractivity contribution in [2.75, 3.05) is 0 Å². The third kappa shape index (κ3) is 4.47. The number of aromatic nitrogens is 2. The van der Waals surface area contributed by atoms with Gasteiger partial charge in [-0.1, -0.05) is 48.5 Å². The van der Waals surface area contributed by atoms with E-state index >= 15 is 0 Å². The van der Waals surface area contributed by atoms with Gasteiger partial charge in [0.2, 0.25) is 5.75 Å². The molecule has 0 saturated carbocycles. The number of nitrogens with one attached hydrogen (secondary N) is 1. The van der Waals surface area contributed by atoms with Gasteiger partial charge in [-0.25, -0.2) is 24.7 Å². The third-order valence-corrected chi connectivity index (χ3v) is 5.27. The minimum Gasteiger partial charge on any atom is -0.481 e. The Morgan fingerprint density at radius 2 is 1.85 bits per heavy atom. The van der Waals surface area contributed by atoms with Crippen LogP contribution in [-0.2, 0) is 17.9 Å². The molecule has 0 aliphatic carbocycles. The van der Waals surface area contributed by atoms with Gasteiger partial charge in [0.05, 0.1) is 0 Å². The SMILES string of the molecule is Cc1ccc2nc(C3=NC(Cc4ccc(F)cc4)ON3)c(OCc3ccccc3)c(=O)n2c1. The van der Waals surface area contributed by atoms with Crippen molar-refractivity contribution in [2.45, 2.75) is 26.2 Å². The number of hydrogen-bond donors (Lipinski definition) is 1. The molecule has 166 valence electrons. The van der Waals surface area contributed by atoms with Gasteiger partial charge in [-0.05, 0) is 41.8 Å². The fraction of sp³-hybridized carbons (Fsp3) is 0.160. The Hall–Kier alpha value is -4.04. The predicted molar refractivity (Wildman–Crippen MR) is 122 cm³/mol. The summed E-state index contributed by atoms with van der Waals surface area (Å²) in [7, 11) is 0. The first-order chi connectivity index (χ1) is 16.1. The van der Waals surface area contributed by atoms with E-state index in [-0.39, 0.29) is 29.4 Å². The Balaban J connectivity index is 1.51. The summed E-state index contributed by atoms with van der Waals surface area (Å²) in [6, 6.07) is 19.4. The summed E-state index contributed by atoms with van der Waals surface area (Å²) in [6.07, 6.45) is 1.61. The van der Waals surface area contributed by atoms with Crippen LogP contribution in [0.15, 0.2) is 82.7 Å². The summed E-state index contributed by atoms with van der Waals surface area (Å²) in [5.41, 5.74) is 5.91. The number of aryl methyl sites for hydroxylation is 1. The van der Waals surface area contributed by atoms with Gasteiger partial charge in [0.25, 0.3) is 0 Å². The summed E-state index contributed by atoms with van der Waals surface area (Å²) in [4.78, 5) is 28.1. The molecule has 1 N–H and O–H groups in total. The smallest absolute Gasteiger partial charge is 0.301 e. The van der Waals surface area contributed by atoms with Crippen LogP contribution < -0.4 is 15.8 Å². The van der Waals surface area contributed by atoms with Gasteiger partial charge in [-0.15, -0.1) is 0 Å². The zero-order chi connectivity index (χ0) is 22.8. The molecular formula is C25H21FN4O3. The number of rotatable bonds is 6. The molecule has 1 atom stereocenters. The van der Waals surface area contributed by atoms with E-state index in [0.717, 1.165) is 16.7 Å². The molecule has 0 radical (unpaired) electrons. The van der Waals surface area contributed by atoms with Crippen molar-refractivity contribution in [2.24, 2.45) is 4.99 Å². The van der Waals surface area contributed by atoms with Crippen molar-refractivity contribution in [1.29, 1.82) is 0 Å². The second-order valence-electron chi connectivity index (χ2n) is 7.79. The van der Waals surface area contributed by atoms with E-state index in [0.29, 0.717) is 17.9 Å². The Morgan fingerprint density at radius 1 is 1.06 bits per heavy atom. The first kappa shape index (κ1) is 20.8. The number of hydroxylamine groups is 1. The quantitative estimate of drug-likeness (QED) is 0.492. The lowest BCUT2D eigenvalue weighted by Gasteiger charge is -2.12. The highest BCUT2D eigenvalue weighted by Crippen LogP contribution is 2.20. The van der Waals surface area contributed by atoms with E-state index in [1.165, 1.54) is 16.5 Å². The number of benzene rings is 2. The van der Waals surface area contributed by atoms with E-state index in [1.54, 1.807) is 24.4 Å². The van der Waals surface area contributed by atoms with Crippen molar-refractivity contribution >= 4 is 11.5 Å². The molecule has 0 saturated heterocycles. The van der Waals surface area contributed by atoms with Crippen LogP contribution in [0.1, 0.15) is 22.4 Å².